The average molecular weight is 365 g/mol. The number of para-hydroxylation sites is 2. The van der Waals surface area contributed by atoms with Crippen molar-refractivity contribution in [2.45, 2.75) is 11.2 Å². The Kier molecular flexibility index (Phi) is 4.51. The summed E-state index contributed by atoms with van der Waals surface area (Å²) in [4.78, 5) is 4.82. The van der Waals surface area contributed by atoms with Gasteiger partial charge >= 0.3 is 0 Å². The number of benzene rings is 3. The monoisotopic (exact) mass is 364 g/mol. The van der Waals surface area contributed by atoms with E-state index in [4.69, 9.17) is 16.6 Å². The molecule has 4 heteroatoms. The predicted molar refractivity (Wildman–Crippen MR) is 107 cm³/mol. The fourth-order valence-corrected chi connectivity index (χ4v) is 3.90. The third kappa shape index (κ3) is 3.06. The molecule has 0 aliphatic rings. The van der Waals surface area contributed by atoms with E-state index in [-0.39, 0.29) is 6.04 Å². The van der Waals surface area contributed by atoms with E-state index in [1.165, 1.54) is 11.1 Å². The molecule has 0 bridgehead atoms. The summed E-state index contributed by atoms with van der Waals surface area (Å²) in [6.45, 7) is 0. The van der Waals surface area contributed by atoms with Crippen molar-refractivity contribution < 1.29 is 0 Å². The third-order valence-electron chi connectivity index (χ3n) is 4.31. The van der Waals surface area contributed by atoms with Crippen LogP contribution in [0.5, 0.6) is 0 Å². The Bertz CT molecular complexity index is 994. The van der Waals surface area contributed by atoms with Gasteiger partial charge in [-0.05, 0) is 41.6 Å². The molecule has 0 N–H and O–H groups in total. The minimum absolute atomic E-state index is 0.0494. The first-order chi connectivity index (χ1) is 12.3. The van der Waals surface area contributed by atoms with Crippen LogP contribution < -0.4 is 0 Å². The number of fused-ring (bicyclic) bond motifs is 1. The molecule has 0 unspecified atom stereocenters. The van der Waals surface area contributed by atoms with Crippen LogP contribution in [0.25, 0.3) is 11.0 Å². The molecule has 0 saturated heterocycles. The zero-order valence-electron chi connectivity index (χ0n) is 13.8. The Morgan fingerprint density at radius 3 is 2.20 bits per heavy atom. The molecule has 4 rings (SSSR count). The lowest BCUT2D eigenvalue weighted by atomic mass is 9.98. The van der Waals surface area contributed by atoms with Crippen LogP contribution in [0.2, 0.25) is 5.02 Å². The number of hydrogen-bond acceptors (Lipinski definition) is 2. The van der Waals surface area contributed by atoms with Crippen molar-refractivity contribution in [3.05, 3.63) is 95.0 Å². The molecule has 124 valence electrons. The third-order valence-corrected chi connectivity index (χ3v) is 5.21. The summed E-state index contributed by atoms with van der Waals surface area (Å²) in [6, 6.07) is 27.0. The van der Waals surface area contributed by atoms with Gasteiger partial charge in [-0.15, -0.1) is 0 Å². The zero-order chi connectivity index (χ0) is 17.2. The predicted octanol–water partition coefficient (Wildman–Crippen LogP) is 6.05. The van der Waals surface area contributed by atoms with Gasteiger partial charge in [0.15, 0.2) is 5.16 Å². The Hall–Kier alpha value is -2.23. The van der Waals surface area contributed by atoms with Gasteiger partial charge in [-0.2, -0.15) is 0 Å². The van der Waals surface area contributed by atoms with Crippen molar-refractivity contribution in [3.8, 4) is 0 Å². The molecule has 1 atom stereocenters. The van der Waals surface area contributed by atoms with Crippen molar-refractivity contribution in [2.24, 2.45) is 0 Å². The first-order valence-corrected chi connectivity index (χ1v) is 9.69. The van der Waals surface area contributed by atoms with E-state index in [1.807, 2.05) is 24.3 Å². The lowest BCUT2D eigenvalue weighted by molar-refractivity contribution is 0.634. The van der Waals surface area contributed by atoms with Gasteiger partial charge in [-0.25, -0.2) is 4.98 Å². The standard InChI is InChI=1S/C21H17ClN2S/c1-25-21-23-18-9-5-6-10-19(18)24(21)20(15-7-3-2-4-8-15)16-11-13-17(22)14-12-16/h2-14,20H,1H3/t20-/m0/s1. The van der Waals surface area contributed by atoms with Crippen LogP contribution in [0.15, 0.2) is 84.0 Å². The van der Waals surface area contributed by atoms with Gasteiger partial charge in [0.1, 0.15) is 0 Å². The molecule has 4 aromatic rings. The summed E-state index contributed by atoms with van der Waals surface area (Å²) in [5, 5.41) is 1.75. The van der Waals surface area contributed by atoms with Crippen molar-refractivity contribution in [3.63, 3.8) is 0 Å². The second kappa shape index (κ2) is 6.95. The summed E-state index contributed by atoms with van der Waals surface area (Å²) in [6.07, 6.45) is 2.07. The van der Waals surface area contributed by atoms with Gasteiger partial charge in [0.05, 0.1) is 17.1 Å². The second-order valence-corrected chi connectivity index (χ2v) is 7.03. The zero-order valence-corrected chi connectivity index (χ0v) is 15.3. The first-order valence-electron chi connectivity index (χ1n) is 8.09. The summed E-state index contributed by atoms with van der Waals surface area (Å²) in [5.41, 5.74) is 4.56. The summed E-state index contributed by atoms with van der Waals surface area (Å²) < 4.78 is 2.32. The molecule has 0 spiro atoms. The molecule has 2 nitrogen and oxygen atoms in total. The van der Waals surface area contributed by atoms with Gasteiger partial charge in [-0.3, -0.25) is 0 Å². The molecular weight excluding hydrogens is 348 g/mol. The summed E-state index contributed by atoms with van der Waals surface area (Å²) in [7, 11) is 0. The van der Waals surface area contributed by atoms with E-state index in [0.29, 0.717) is 0 Å². The number of aromatic nitrogens is 2. The SMILES string of the molecule is CSc1nc2ccccc2n1[C@@H](c1ccccc1)c1ccc(Cl)cc1. The normalized spacial score (nSPS) is 12.4. The average Bonchev–Trinajstić information content (AvgIpc) is 3.03. The van der Waals surface area contributed by atoms with E-state index in [9.17, 15) is 0 Å². The highest BCUT2D eigenvalue weighted by Gasteiger charge is 2.22. The highest BCUT2D eigenvalue weighted by Crippen LogP contribution is 2.34. The van der Waals surface area contributed by atoms with Crippen molar-refractivity contribution >= 4 is 34.4 Å². The molecule has 3 aromatic carbocycles. The van der Waals surface area contributed by atoms with Crippen molar-refractivity contribution in [1.29, 1.82) is 0 Å². The Morgan fingerprint density at radius 2 is 1.48 bits per heavy atom. The topological polar surface area (TPSA) is 17.8 Å². The van der Waals surface area contributed by atoms with E-state index < -0.39 is 0 Å². The molecule has 1 heterocycles. The number of thioether (sulfide) groups is 1. The number of imidazole rings is 1. The van der Waals surface area contributed by atoms with Crippen LogP contribution in [0, 0.1) is 0 Å². The van der Waals surface area contributed by atoms with E-state index in [2.05, 4.69) is 65.4 Å². The molecule has 25 heavy (non-hydrogen) atoms. The maximum absolute atomic E-state index is 6.12. The van der Waals surface area contributed by atoms with Crippen LogP contribution >= 0.6 is 23.4 Å². The maximum atomic E-state index is 6.12. The quantitative estimate of drug-likeness (QED) is 0.410. The highest BCUT2D eigenvalue weighted by molar-refractivity contribution is 7.98. The molecule has 1 aromatic heterocycles. The van der Waals surface area contributed by atoms with E-state index in [0.717, 1.165) is 21.2 Å². The van der Waals surface area contributed by atoms with E-state index in [1.54, 1.807) is 11.8 Å². The fourth-order valence-electron chi connectivity index (χ4n) is 3.19. The molecule has 0 aliphatic carbocycles. The number of rotatable bonds is 4. The van der Waals surface area contributed by atoms with Gasteiger partial charge in [0.2, 0.25) is 0 Å². The number of halogens is 1. The van der Waals surface area contributed by atoms with Crippen LogP contribution in [-0.4, -0.2) is 15.8 Å². The Morgan fingerprint density at radius 1 is 0.840 bits per heavy atom. The van der Waals surface area contributed by atoms with Crippen LogP contribution in [0.3, 0.4) is 0 Å². The van der Waals surface area contributed by atoms with Crippen LogP contribution in [0.4, 0.5) is 0 Å². The van der Waals surface area contributed by atoms with Gasteiger partial charge < -0.3 is 4.57 Å². The molecule has 0 radical (unpaired) electrons. The lowest BCUT2D eigenvalue weighted by Crippen LogP contribution is -2.13. The second-order valence-electron chi connectivity index (χ2n) is 5.82. The number of nitrogens with zero attached hydrogens (tertiary/aromatic N) is 2. The molecule has 0 aliphatic heterocycles. The Labute approximate surface area is 156 Å². The highest BCUT2D eigenvalue weighted by atomic mass is 35.5. The molecule has 0 saturated carbocycles. The van der Waals surface area contributed by atoms with Gasteiger partial charge in [0, 0.05) is 5.02 Å². The van der Waals surface area contributed by atoms with E-state index >= 15 is 0 Å². The van der Waals surface area contributed by atoms with Gasteiger partial charge in [-0.1, -0.05) is 78.0 Å². The number of hydrogen-bond donors (Lipinski definition) is 0. The van der Waals surface area contributed by atoms with Gasteiger partial charge in [0.25, 0.3) is 0 Å². The van der Waals surface area contributed by atoms with Crippen molar-refractivity contribution in [2.75, 3.05) is 6.26 Å². The summed E-state index contributed by atoms with van der Waals surface area (Å²) >= 11 is 7.79. The molecular formula is C21H17ClN2S. The lowest BCUT2D eigenvalue weighted by Gasteiger charge is -2.22. The Balaban J connectivity index is 2.00. The van der Waals surface area contributed by atoms with Crippen LogP contribution in [0.1, 0.15) is 17.2 Å². The van der Waals surface area contributed by atoms with Crippen LogP contribution in [-0.2, 0) is 0 Å². The van der Waals surface area contributed by atoms with Crippen molar-refractivity contribution in [1.82, 2.24) is 9.55 Å². The minimum Gasteiger partial charge on any atom is -0.307 e. The smallest absolute Gasteiger partial charge is 0.169 e. The largest absolute Gasteiger partial charge is 0.307 e. The molecule has 0 fully saturated rings. The fraction of sp³-hybridized carbons (Fsp3) is 0.0952. The minimum atomic E-state index is 0.0494. The summed E-state index contributed by atoms with van der Waals surface area (Å²) in [5.74, 6) is 0. The molecule has 0 amide bonds. The first kappa shape index (κ1) is 16.2. The maximum Gasteiger partial charge on any atom is 0.169 e.